The van der Waals surface area contributed by atoms with E-state index in [0.717, 1.165) is 14.6 Å². The van der Waals surface area contributed by atoms with Crippen LogP contribution in [0.5, 0.6) is 0 Å². The van der Waals surface area contributed by atoms with Crippen molar-refractivity contribution in [3.8, 4) is 11.3 Å². The number of hydrogen-bond donors (Lipinski definition) is 2. The Labute approximate surface area is 99.0 Å². The molecule has 0 bridgehead atoms. The molecule has 0 radical (unpaired) electrons. The van der Waals surface area contributed by atoms with Crippen LogP contribution in [0, 0.1) is 0 Å². The van der Waals surface area contributed by atoms with E-state index in [2.05, 4.69) is 20.9 Å². The second kappa shape index (κ2) is 3.97. The van der Waals surface area contributed by atoms with Crippen LogP contribution in [0.4, 0.5) is 4.79 Å². The van der Waals surface area contributed by atoms with Crippen molar-refractivity contribution in [1.29, 1.82) is 0 Å². The fraction of sp³-hybridized carbons (Fsp3) is 0. The van der Waals surface area contributed by atoms with Crippen LogP contribution in [0.15, 0.2) is 39.7 Å². The highest BCUT2D eigenvalue weighted by Gasteiger charge is 2.08. The Morgan fingerprint density at radius 3 is 2.44 bits per heavy atom. The number of aromatic amines is 1. The summed E-state index contributed by atoms with van der Waals surface area (Å²) in [5, 5.41) is 0. The van der Waals surface area contributed by atoms with Crippen LogP contribution in [0.2, 0.25) is 0 Å². The summed E-state index contributed by atoms with van der Waals surface area (Å²) in [6.45, 7) is 0. The summed E-state index contributed by atoms with van der Waals surface area (Å²) in [7, 11) is 0. The van der Waals surface area contributed by atoms with Gasteiger partial charge in [0.1, 0.15) is 0 Å². The first-order chi connectivity index (χ1) is 7.58. The van der Waals surface area contributed by atoms with Gasteiger partial charge in [0.25, 0.3) is 0 Å². The normalized spacial score (nSPS) is 10.3. The highest BCUT2D eigenvalue weighted by molar-refractivity contribution is 9.10. The van der Waals surface area contributed by atoms with Gasteiger partial charge in [0.05, 0.1) is 5.69 Å². The smallest absolute Gasteiger partial charge is 0.334 e. The minimum absolute atomic E-state index is 0.537. The zero-order chi connectivity index (χ0) is 11.7. The molecule has 2 aromatic rings. The summed E-state index contributed by atoms with van der Waals surface area (Å²) in [5.74, 6) is 0. The van der Waals surface area contributed by atoms with Gasteiger partial charge in [0, 0.05) is 10.7 Å². The van der Waals surface area contributed by atoms with Crippen LogP contribution in [-0.4, -0.2) is 15.6 Å². The Morgan fingerprint density at radius 2 is 1.94 bits per heavy atom. The molecule has 0 saturated heterocycles. The van der Waals surface area contributed by atoms with E-state index in [1.165, 1.54) is 6.20 Å². The number of halogens is 1. The summed E-state index contributed by atoms with van der Waals surface area (Å²) >= 11 is 3.31. The van der Waals surface area contributed by atoms with Crippen LogP contribution in [0.3, 0.4) is 0 Å². The number of carbonyl (C=O) groups excluding carboxylic acids is 1. The molecule has 1 aromatic carbocycles. The lowest BCUT2D eigenvalue weighted by Gasteiger charge is -1.96. The molecule has 0 spiro atoms. The van der Waals surface area contributed by atoms with E-state index >= 15 is 0 Å². The lowest BCUT2D eigenvalue weighted by atomic mass is 10.2. The van der Waals surface area contributed by atoms with Gasteiger partial charge in [-0.15, -0.1) is 0 Å². The first-order valence-electron chi connectivity index (χ1n) is 4.45. The maximum atomic E-state index is 11.3. The summed E-state index contributed by atoms with van der Waals surface area (Å²) in [4.78, 5) is 24.8. The maximum absolute atomic E-state index is 11.3. The number of amides is 1. The third-order valence-corrected chi connectivity index (χ3v) is 2.64. The molecule has 0 fully saturated rings. The monoisotopic (exact) mass is 281 g/mol. The Hall–Kier alpha value is -1.82. The average Bonchev–Trinajstić information content (AvgIpc) is 2.61. The molecule has 6 heteroatoms. The lowest BCUT2D eigenvalue weighted by molar-refractivity contribution is 0.249. The lowest BCUT2D eigenvalue weighted by Crippen LogP contribution is -2.28. The third-order valence-electron chi connectivity index (χ3n) is 2.11. The summed E-state index contributed by atoms with van der Waals surface area (Å²) < 4.78 is 1.77. The highest BCUT2D eigenvalue weighted by Crippen LogP contribution is 2.18. The fourth-order valence-corrected chi connectivity index (χ4v) is 1.60. The molecule has 16 heavy (non-hydrogen) atoms. The van der Waals surface area contributed by atoms with E-state index in [4.69, 9.17) is 5.73 Å². The molecule has 0 unspecified atom stereocenters. The molecule has 0 aliphatic carbocycles. The summed E-state index contributed by atoms with van der Waals surface area (Å²) in [6.07, 6.45) is 1.38. The number of nitrogens with zero attached hydrogens (tertiary/aromatic N) is 1. The van der Waals surface area contributed by atoms with E-state index in [1.54, 1.807) is 0 Å². The molecule has 3 N–H and O–H groups in total. The molecule has 1 heterocycles. The van der Waals surface area contributed by atoms with Gasteiger partial charge < -0.3 is 10.7 Å². The van der Waals surface area contributed by atoms with Gasteiger partial charge in [-0.2, -0.15) is 0 Å². The molecule has 0 aliphatic heterocycles. The van der Waals surface area contributed by atoms with Crippen molar-refractivity contribution in [3.05, 3.63) is 45.4 Å². The Morgan fingerprint density at radius 1 is 1.31 bits per heavy atom. The number of rotatable bonds is 1. The molecule has 82 valence electrons. The fourth-order valence-electron chi connectivity index (χ4n) is 1.34. The maximum Gasteiger partial charge on any atom is 0.334 e. The second-order valence-corrected chi connectivity index (χ2v) is 4.10. The number of nitrogens with two attached hydrogens (primary N) is 1. The van der Waals surface area contributed by atoms with Crippen molar-refractivity contribution in [2.75, 3.05) is 0 Å². The molecule has 0 aliphatic rings. The van der Waals surface area contributed by atoms with E-state index < -0.39 is 11.7 Å². The predicted molar refractivity (Wildman–Crippen MR) is 63.2 cm³/mol. The van der Waals surface area contributed by atoms with Crippen molar-refractivity contribution in [3.63, 3.8) is 0 Å². The standard InChI is InChI=1S/C10H8BrN3O2/c11-7-3-1-6(2-4-7)8-5-14(9(12)15)10(16)13-8/h1-5H,(H2,12,15)(H,13,16). The Kier molecular flexibility index (Phi) is 2.66. The van der Waals surface area contributed by atoms with Crippen LogP contribution in [0.1, 0.15) is 0 Å². The largest absolute Gasteiger partial charge is 0.351 e. The highest BCUT2D eigenvalue weighted by atomic mass is 79.9. The van der Waals surface area contributed by atoms with Crippen molar-refractivity contribution in [1.82, 2.24) is 9.55 Å². The van der Waals surface area contributed by atoms with Crippen LogP contribution in [0.25, 0.3) is 11.3 Å². The molecular weight excluding hydrogens is 274 g/mol. The molecule has 5 nitrogen and oxygen atoms in total. The molecule has 2 rings (SSSR count). The summed E-state index contributed by atoms with van der Waals surface area (Å²) in [6, 6.07) is 6.52. The average molecular weight is 282 g/mol. The van der Waals surface area contributed by atoms with Crippen molar-refractivity contribution < 1.29 is 4.79 Å². The minimum atomic E-state index is -0.801. The molecule has 0 atom stereocenters. The van der Waals surface area contributed by atoms with Gasteiger partial charge in [-0.05, 0) is 17.7 Å². The van der Waals surface area contributed by atoms with Gasteiger partial charge in [0.15, 0.2) is 0 Å². The van der Waals surface area contributed by atoms with Crippen molar-refractivity contribution >= 4 is 22.0 Å². The molecule has 0 saturated carbocycles. The van der Waals surface area contributed by atoms with Crippen molar-refractivity contribution in [2.24, 2.45) is 5.73 Å². The minimum Gasteiger partial charge on any atom is -0.351 e. The number of H-pyrrole nitrogens is 1. The van der Waals surface area contributed by atoms with E-state index in [-0.39, 0.29) is 0 Å². The molecule has 1 amide bonds. The van der Waals surface area contributed by atoms with Gasteiger partial charge in [-0.3, -0.25) is 0 Å². The number of nitrogens with one attached hydrogen (secondary N) is 1. The summed E-state index contributed by atoms with van der Waals surface area (Å²) in [5.41, 5.74) is 5.85. The first kappa shape index (κ1) is 10.7. The van der Waals surface area contributed by atoms with Crippen molar-refractivity contribution in [2.45, 2.75) is 0 Å². The SMILES string of the molecule is NC(=O)n1cc(-c2ccc(Br)cc2)[nH]c1=O. The van der Waals surface area contributed by atoms with Crippen LogP contribution < -0.4 is 11.4 Å². The Bertz CT molecular complexity index is 583. The second-order valence-electron chi connectivity index (χ2n) is 3.19. The van der Waals surface area contributed by atoms with E-state index in [0.29, 0.717) is 5.69 Å². The number of aromatic nitrogens is 2. The van der Waals surface area contributed by atoms with Gasteiger partial charge in [-0.1, -0.05) is 28.1 Å². The number of benzene rings is 1. The third kappa shape index (κ3) is 1.92. The number of imidazole rings is 1. The zero-order valence-electron chi connectivity index (χ0n) is 8.11. The quantitative estimate of drug-likeness (QED) is 0.831. The number of hydrogen-bond acceptors (Lipinski definition) is 2. The molecular formula is C10H8BrN3O2. The van der Waals surface area contributed by atoms with E-state index in [9.17, 15) is 9.59 Å². The van der Waals surface area contributed by atoms with Crippen LogP contribution in [-0.2, 0) is 0 Å². The topological polar surface area (TPSA) is 80.9 Å². The number of primary amides is 1. The van der Waals surface area contributed by atoms with Gasteiger partial charge in [0.2, 0.25) is 0 Å². The number of carbonyl (C=O) groups is 1. The van der Waals surface area contributed by atoms with Crippen LogP contribution >= 0.6 is 15.9 Å². The van der Waals surface area contributed by atoms with E-state index in [1.807, 2.05) is 24.3 Å². The van der Waals surface area contributed by atoms with Gasteiger partial charge >= 0.3 is 11.7 Å². The van der Waals surface area contributed by atoms with Gasteiger partial charge in [-0.25, -0.2) is 14.2 Å². The predicted octanol–water partition coefficient (Wildman–Crippen LogP) is 1.53. The first-order valence-corrected chi connectivity index (χ1v) is 5.24. The Balaban J connectivity index is 2.49. The zero-order valence-corrected chi connectivity index (χ0v) is 9.69. The molecule has 1 aromatic heterocycles.